The van der Waals surface area contributed by atoms with Gasteiger partial charge in [0.05, 0.1) is 6.04 Å². The van der Waals surface area contributed by atoms with Crippen molar-refractivity contribution in [3.8, 4) is 0 Å². The molecule has 2 unspecified atom stereocenters. The number of carbonyl (C=O) groups excluding carboxylic acids is 1. The largest absolute Gasteiger partial charge is 0.367 e. The molecule has 2 aromatic rings. The molecule has 1 N–H and O–H groups in total. The number of rotatable bonds is 6. The lowest BCUT2D eigenvalue weighted by molar-refractivity contribution is -0.132. The number of carbonyl (C=O) groups is 1. The van der Waals surface area contributed by atoms with Crippen LogP contribution < -0.4 is 5.32 Å². The number of nitrogens with zero attached hydrogens (tertiary/aromatic N) is 1. The second-order valence-corrected chi connectivity index (χ2v) is 6.15. The van der Waals surface area contributed by atoms with Crippen LogP contribution in [-0.4, -0.2) is 18.0 Å². The molecule has 2 atom stereocenters. The van der Waals surface area contributed by atoms with Gasteiger partial charge in [-0.15, -0.1) is 11.3 Å². The van der Waals surface area contributed by atoms with E-state index in [1.54, 1.807) is 24.6 Å². The molecule has 1 aliphatic carbocycles. The number of hydrogen-bond acceptors (Lipinski definition) is 4. The van der Waals surface area contributed by atoms with E-state index < -0.39 is 6.10 Å². The molecule has 0 saturated heterocycles. The van der Waals surface area contributed by atoms with Crippen molar-refractivity contribution in [2.75, 3.05) is 7.11 Å². The van der Waals surface area contributed by atoms with Gasteiger partial charge in [-0.2, -0.15) is 0 Å². The van der Waals surface area contributed by atoms with Gasteiger partial charge in [0.25, 0.3) is 5.91 Å². The fourth-order valence-electron chi connectivity index (χ4n) is 2.45. The van der Waals surface area contributed by atoms with Gasteiger partial charge in [-0.05, 0) is 24.3 Å². The summed E-state index contributed by atoms with van der Waals surface area (Å²) in [4.78, 5) is 16.9. The van der Waals surface area contributed by atoms with Crippen LogP contribution in [0, 0.1) is 5.92 Å². The summed E-state index contributed by atoms with van der Waals surface area (Å²) in [6, 6.07) is 9.57. The van der Waals surface area contributed by atoms with Crippen molar-refractivity contribution in [2.24, 2.45) is 5.92 Å². The van der Waals surface area contributed by atoms with Crippen molar-refractivity contribution in [3.05, 3.63) is 52.5 Å². The van der Waals surface area contributed by atoms with Crippen LogP contribution >= 0.6 is 11.3 Å². The molecule has 0 bridgehead atoms. The average Bonchev–Trinajstić information content (AvgIpc) is 3.21. The van der Waals surface area contributed by atoms with Crippen LogP contribution in [0.2, 0.25) is 0 Å². The third-order valence-corrected chi connectivity index (χ3v) is 4.54. The number of amides is 1. The van der Waals surface area contributed by atoms with E-state index in [4.69, 9.17) is 4.74 Å². The lowest BCUT2D eigenvalue weighted by Crippen LogP contribution is -2.34. The summed E-state index contributed by atoms with van der Waals surface area (Å²) >= 11 is 1.59. The molecule has 5 heteroatoms. The predicted molar refractivity (Wildman–Crippen MR) is 81.9 cm³/mol. The summed E-state index contributed by atoms with van der Waals surface area (Å²) in [6.07, 6.45) is 3.50. The Morgan fingerprint density at radius 1 is 1.38 bits per heavy atom. The highest BCUT2D eigenvalue weighted by Crippen LogP contribution is 2.41. The number of aromatic nitrogens is 1. The van der Waals surface area contributed by atoms with Crippen LogP contribution in [0.25, 0.3) is 0 Å². The van der Waals surface area contributed by atoms with Gasteiger partial charge in [-0.1, -0.05) is 30.3 Å². The number of methoxy groups -OCH3 is 1. The van der Waals surface area contributed by atoms with Gasteiger partial charge in [0, 0.05) is 18.7 Å². The Morgan fingerprint density at radius 2 is 2.14 bits per heavy atom. The van der Waals surface area contributed by atoms with Crippen molar-refractivity contribution < 1.29 is 9.53 Å². The van der Waals surface area contributed by atoms with Crippen LogP contribution in [0.1, 0.15) is 35.6 Å². The van der Waals surface area contributed by atoms with Crippen molar-refractivity contribution in [2.45, 2.75) is 25.0 Å². The van der Waals surface area contributed by atoms with E-state index >= 15 is 0 Å². The van der Waals surface area contributed by atoms with Crippen LogP contribution in [0.4, 0.5) is 0 Å². The zero-order valence-corrected chi connectivity index (χ0v) is 12.7. The summed E-state index contributed by atoms with van der Waals surface area (Å²) < 4.78 is 5.39. The summed E-state index contributed by atoms with van der Waals surface area (Å²) in [5, 5.41) is 6.04. The van der Waals surface area contributed by atoms with E-state index in [0.717, 1.165) is 23.4 Å². The number of ether oxygens (including phenoxy) is 1. The molecule has 4 nitrogen and oxygen atoms in total. The van der Waals surface area contributed by atoms with Gasteiger partial charge < -0.3 is 10.1 Å². The topological polar surface area (TPSA) is 51.2 Å². The van der Waals surface area contributed by atoms with E-state index in [1.165, 1.54) is 0 Å². The first-order valence-electron chi connectivity index (χ1n) is 7.07. The monoisotopic (exact) mass is 302 g/mol. The quantitative estimate of drug-likeness (QED) is 0.892. The maximum Gasteiger partial charge on any atom is 0.254 e. The molecule has 1 saturated carbocycles. The summed E-state index contributed by atoms with van der Waals surface area (Å²) in [5.41, 5.74) is 0.867. The van der Waals surface area contributed by atoms with Crippen LogP contribution in [-0.2, 0) is 9.53 Å². The molecule has 1 amide bonds. The highest BCUT2D eigenvalue weighted by Gasteiger charge is 2.36. The maximum absolute atomic E-state index is 12.6. The van der Waals surface area contributed by atoms with E-state index in [2.05, 4.69) is 10.3 Å². The van der Waals surface area contributed by atoms with Gasteiger partial charge in [-0.25, -0.2) is 4.98 Å². The van der Waals surface area contributed by atoms with Gasteiger partial charge >= 0.3 is 0 Å². The normalized spacial score (nSPS) is 17.2. The minimum absolute atomic E-state index is 0.0128. The maximum atomic E-state index is 12.6. The Morgan fingerprint density at radius 3 is 2.71 bits per heavy atom. The Hall–Kier alpha value is -1.72. The van der Waals surface area contributed by atoms with E-state index in [0.29, 0.717) is 5.92 Å². The van der Waals surface area contributed by atoms with Crippen molar-refractivity contribution in [3.63, 3.8) is 0 Å². The van der Waals surface area contributed by atoms with Crippen molar-refractivity contribution in [1.29, 1.82) is 0 Å². The third-order valence-electron chi connectivity index (χ3n) is 3.68. The molecule has 3 rings (SSSR count). The Balaban J connectivity index is 1.74. The van der Waals surface area contributed by atoms with E-state index in [-0.39, 0.29) is 11.9 Å². The zero-order chi connectivity index (χ0) is 14.7. The standard InChI is InChI=1S/C16H18N2O2S/c1-20-14(12-5-3-2-4-6-12)15(19)18-13(11-7-8-11)16-17-9-10-21-16/h2-6,9-11,13-14H,7-8H2,1H3,(H,18,19). The second-order valence-electron chi connectivity index (χ2n) is 5.22. The van der Waals surface area contributed by atoms with Gasteiger partial charge in [0.1, 0.15) is 5.01 Å². The molecular formula is C16H18N2O2S. The SMILES string of the molecule is COC(C(=O)NC(c1nccs1)C1CC1)c1ccccc1. The number of benzene rings is 1. The minimum atomic E-state index is -0.576. The molecule has 1 fully saturated rings. The lowest BCUT2D eigenvalue weighted by atomic mass is 10.1. The molecule has 0 spiro atoms. The Labute approximate surface area is 128 Å². The summed E-state index contributed by atoms with van der Waals surface area (Å²) in [5.74, 6) is 0.407. The highest BCUT2D eigenvalue weighted by atomic mass is 32.1. The fraction of sp³-hybridized carbons (Fsp3) is 0.375. The molecule has 21 heavy (non-hydrogen) atoms. The first kappa shape index (κ1) is 14.2. The molecule has 1 aromatic carbocycles. The van der Waals surface area contributed by atoms with E-state index in [1.807, 2.05) is 35.7 Å². The van der Waals surface area contributed by atoms with Gasteiger partial charge in [0.15, 0.2) is 6.10 Å². The molecular weight excluding hydrogens is 284 g/mol. The molecule has 110 valence electrons. The van der Waals surface area contributed by atoms with Gasteiger partial charge in [-0.3, -0.25) is 4.79 Å². The average molecular weight is 302 g/mol. The lowest BCUT2D eigenvalue weighted by Gasteiger charge is -2.20. The predicted octanol–water partition coefficient (Wildman–Crippen LogP) is 3.10. The third kappa shape index (κ3) is 3.31. The van der Waals surface area contributed by atoms with Crippen molar-refractivity contribution in [1.82, 2.24) is 10.3 Å². The molecule has 1 aromatic heterocycles. The molecule has 1 heterocycles. The number of hydrogen-bond donors (Lipinski definition) is 1. The number of nitrogens with one attached hydrogen (secondary N) is 1. The second kappa shape index (κ2) is 6.37. The van der Waals surface area contributed by atoms with Crippen LogP contribution in [0.3, 0.4) is 0 Å². The Kier molecular flexibility index (Phi) is 4.31. The van der Waals surface area contributed by atoms with E-state index in [9.17, 15) is 4.79 Å². The van der Waals surface area contributed by atoms with Crippen molar-refractivity contribution >= 4 is 17.2 Å². The molecule has 0 radical (unpaired) electrons. The number of thiazole rings is 1. The van der Waals surface area contributed by atoms with Gasteiger partial charge in [0.2, 0.25) is 0 Å². The smallest absolute Gasteiger partial charge is 0.254 e. The van der Waals surface area contributed by atoms with Crippen LogP contribution in [0.15, 0.2) is 41.9 Å². The first-order valence-corrected chi connectivity index (χ1v) is 7.95. The fourth-order valence-corrected chi connectivity index (χ4v) is 3.23. The first-order chi connectivity index (χ1) is 10.3. The molecule has 0 aliphatic heterocycles. The zero-order valence-electron chi connectivity index (χ0n) is 11.9. The highest BCUT2D eigenvalue weighted by molar-refractivity contribution is 7.09. The minimum Gasteiger partial charge on any atom is -0.367 e. The van der Waals surface area contributed by atoms with Crippen LogP contribution in [0.5, 0.6) is 0 Å². The molecule has 1 aliphatic rings. The summed E-state index contributed by atoms with van der Waals surface area (Å²) in [6.45, 7) is 0. The Bertz CT molecular complexity index is 582. The summed E-state index contributed by atoms with van der Waals surface area (Å²) in [7, 11) is 1.56.